The highest BCUT2D eigenvalue weighted by molar-refractivity contribution is 5.83. The van der Waals surface area contributed by atoms with E-state index in [-0.39, 0.29) is 18.0 Å². The molecule has 0 heterocycles. The Hall–Kier alpha value is -1.89. The standard InChI is InChI=1S/C45H86N2O5/c1-3-5-7-9-11-12-13-14-15-16-17-18-19-20-21-22-23-24-25-27-33-39-44(49)52-41(35-30-26-10-8-6-4-2)36-31-28-29-32-38-43(48)47-42(45(50)51)37-34-40-46/h30,35,41-42H,3-29,31-34,36-40,46H2,1-2H3,(H,47,48)(H,50,51)/b35-30-. The van der Waals surface area contributed by atoms with E-state index in [0.29, 0.717) is 38.6 Å². The molecular weight excluding hydrogens is 649 g/mol. The van der Waals surface area contributed by atoms with Gasteiger partial charge in [-0.1, -0.05) is 180 Å². The molecule has 0 aliphatic carbocycles. The summed E-state index contributed by atoms with van der Waals surface area (Å²) in [5.74, 6) is -1.32. The Morgan fingerprint density at radius 2 is 0.981 bits per heavy atom. The van der Waals surface area contributed by atoms with Gasteiger partial charge in [0.2, 0.25) is 5.91 Å². The molecule has 0 aromatic rings. The van der Waals surface area contributed by atoms with Crippen molar-refractivity contribution in [2.45, 2.75) is 251 Å². The third kappa shape index (κ3) is 36.5. The van der Waals surface area contributed by atoms with Crippen molar-refractivity contribution in [2.24, 2.45) is 5.73 Å². The van der Waals surface area contributed by atoms with Crippen LogP contribution in [-0.2, 0) is 19.1 Å². The van der Waals surface area contributed by atoms with Crippen LogP contribution in [0.3, 0.4) is 0 Å². The summed E-state index contributed by atoms with van der Waals surface area (Å²) in [4.78, 5) is 36.2. The van der Waals surface area contributed by atoms with Crippen molar-refractivity contribution in [3.8, 4) is 0 Å². The molecule has 4 N–H and O–H groups in total. The van der Waals surface area contributed by atoms with Gasteiger partial charge in [-0.3, -0.25) is 9.59 Å². The highest BCUT2D eigenvalue weighted by atomic mass is 16.5. The van der Waals surface area contributed by atoms with Crippen LogP contribution in [0.25, 0.3) is 0 Å². The van der Waals surface area contributed by atoms with Gasteiger partial charge in [0.1, 0.15) is 12.1 Å². The van der Waals surface area contributed by atoms with Gasteiger partial charge in [0.05, 0.1) is 0 Å². The Labute approximate surface area is 321 Å². The lowest BCUT2D eigenvalue weighted by atomic mass is 10.0. The molecule has 7 nitrogen and oxygen atoms in total. The van der Waals surface area contributed by atoms with Gasteiger partial charge in [-0.05, 0) is 64.0 Å². The number of amides is 1. The topological polar surface area (TPSA) is 119 Å². The Morgan fingerprint density at radius 1 is 0.558 bits per heavy atom. The minimum atomic E-state index is -1.01. The average Bonchev–Trinajstić information content (AvgIpc) is 3.13. The number of unbranched alkanes of at least 4 members (excludes halogenated alkanes) is 27. The highest BCUT2D eigenvalue weighted by Gasteiger charge is 2.19. The van der Waals surface area contributed by atoms with Crippen LogP contribution in [0.4, 0.5) is 0 Å². The second-order valence-corrected chi connectivity index (χ2v) is 15.5. The number of esters is 1. The van der Waals surface area contributed by atoms with Crippen LogP contribution in [0.5, 0.6) is 0 Å². The quantitative estimate of drug-likeness (QED) is 0.0327. The molecule has 0 bridgehead atoms. The van der Waals surface area contributed by atoms with Crippen LogP contribution in [-0.4, -0.2) is 41.6 Å². The maximum absolute atomic E-state index is 12.7. The van der Waals surface area contributed by atoms with E-state index in [1.54, 1.807) is 0 Å². The van der Waals surface area contributed by atoms with Crippen molar-refractivity contribution in [3.05, 3.63) is 12.2 Å². The number of allylic oxidation sites excluding steroid dienone is 1. The molecule has 0 aliphatic rings. The van der Waals surface area contributed by atoms with Crippen LogP contribution in [0, 0.1) is 0 Å². The summed E-state index contributed by atoms with van der Waals surface area (Å²) in [5.41, 5.74) is 5.48. The van der Waals surface area contributed by atoms with Gasteiger partial charge in [-0.15, -0.1) is 0 Å². The average molecular weight is 735 g/mol. The predicted molar refractivity (Wildman–Crippen MR) is 221 cm³/mol. The minimum absolute atomic E-state index is 0.0854. The van der Waals surface area contributed by atoms with Gasteiger partial charge < -0.3 is 20.9 Å². The third-order valence-electron chi connectivity index (χ3n) is 10.3. The smallest absolute Gasteiger partial charge is 0.326 e. The molecule has 2 unspecified atom stereocenters. The molecule has 0 radical (unpaired) electrons. The molecule has 0 aliphatic heterocycles. The molecule has 1 amide bonds. The second kappa shape index (κ2) is 40.3. The number of hydrogen-bond acceptors (Lipinski definition) is 5. The van der Waals surface area contributed by atoms with Crippen molar-refractivity contribution in [1.29, 1.82) is 0 Å². The lowest BCUT2D eigenvalue weighted by molar-refractivity contribution is -0.147. The van der Waals surface area contributed by atoms with Gasteiger partial charge in [0, 0.05) is 12.8 Å². The zero-order chi connectivity index (χ0) is 38.2. The minimum Gasteiger partial charge on any atom is -0.480 e. The fourth-order valence-electron chi connectivity index (χ4n) is 6.89. The first kappa shape index (κ1) is 50.1. The van der Waals surface area contributed by atoms with E-state index >= 15 is 0 Å². The summed E-state index contributed by atoms with van der Waals surface area (Å²) < 4.78 is 5.91. The summed E-state index contributed by atoms with van der Waals surface area (Å²) >= 11 is 0. The molecule has 2 atom stereocenters. The van der Waals surface area contributed by atoms with Crippen molar-refractivity contribution < 1.29 is 24.2 Å². The van der Waals surface area contributed by atoms with Crippen LogP contribution in [0.2, 0.25) is 0 Å². The highest BCUT2D eigenvalue weighted by Crippen LogP contribution is 2.17. The Morgan fingerprint density at radius 3 is 1.44 bits per heavy atom. The van der Waals surface area contributed by atoms with Crippen molar-refractivity contribution >= 4 is 17.8 Å². The lowest BCUT2D eigenvalue weighted by Gasteiger charge is -2.15. The largest absolute Gasteiger partial charge is 0.480 e. The molecule has 0 saturated heterocycles. The summed E-state index contributed by atoms with van der Waals surface area (Å²) in [6, 6.07) is -0.867. The fourth-order valence-corrected chi connectivity index (χ4v) is 6.89. The summed E-state index contributed by atoms with van der Waals surface area (Å²) in [6.07, 6.45) is 44.4. The maximum atomic E-state index is 12.7. The van der Waals surface area contributed by atoms with Gasteiger partial charge >= 0.3 is 11.9 Å². The van der Waals surface area contributed by atoms with Crippen LogP contribution < -0.4 is 11.1 Å². The number of carboxylic acids is 1. The van der Waals surface area contributed by atoms with E-state index in [9.17, 15) is 19.5 Å². The molecule has 0 aromatic heterocycles. The van der Waals surface area contributed by atoms with E-state index in [2.05, 4.69) is 31.3 Å². The Kier molecular flexibility index (Phi) is 38.8. The number of rotatable bonds is 41. The molecule has 0 rings (SSSR count). The fraction of sp³-hybridized carbons (Fsp3) is 0.889. The number of hydrogen-bond donors (Lipinski definition) is 3. The first-order valence-electron chi connectivity index (χ1n) is 22.5. The normalized spacial score (nSPS) is 12.7. The molecule has 0 saturated carbocycles. The monoisotopic (exact) mass is 735 g/mol. The number of carbonyl (C=O) groups is 3. The van der Waals surface area contributed by atoms with E-state index in [0.717, 1.165) is 44.9 Å². The summed E-state index contributed by atoms with van der Waals surface area (Å²) in [7, 11) is 0. The van der Waals surface area contributed by atoms with E-state index in [1.165, 1.54) is 148 Å². The van der Waals surface area contributed by atoms with E-state index in [4.69, 9.17) is 10.5 Å². The van der Waals surface area contributed by atoms with E-state index in [1.807, 2.05) is 0 Å². The maximum Gasteiger partial charge on any atom is 0.326 e. The predicted octanol–water partition coefficient (Wildman–Crippen LogP) is 12.7. The summed E-state index contributed by atoms with van der Waals surface area (Å²) in [6.45, 7) is 4.91. The summed E-state index contributed by atoms with van der Waals surface area (Å²) in [5, 5.41) is 11.9. The van der Waals surface area contributed by atoms with Crippen LogP contribution in [0.1, 0.15) is 239 Å². The van der Waals surface area contributed by atoms with Crippen molar-refractivity contribution in [1.82, 2.24) is 5.32 Å². The van der Waals surface area contributed by atoms with Gasteiger partial charge in [-0.2, -0.15) is 0 Å². The zero-order valence-corrected chi connectivity index (χ0v) is 34.4. The third-order valence-corrected chi connectivity index (χ3v) is 10.3. The number of carboxylic acid groups (broad SMARTS) is 1. The Bertz CT molecular complexity index is 833. The zero-order valence-electron chi connectivity index (χ0n) is 34.4. The van der Waals surface area contributed by atoms with E-state index < -0.39 is 12.0 Å². The van der Waals surface area contributed by atoms with Gasteiger partial charge in [0.15, 0.2) is 0 Å². The molecular formula is C45H86N2O5. The molecule has 52 heavy (non-hydrogen) atoms. The number of carbonyl (C=O) groups excluding carboxylic acids is 2. The molecule has 0 fully saturated rings. The number of nitrogens with two attached hydrogens (primary N) is 1. The SMILES string of the molecule is CCCCCC/C=C\C(CCCCCCC(=O)NC(CCCN)C(=O)O)OC(=O)CCCCCCCCCCCCCCCCCCCCCCC. The molecule has 0 spiro atoms. The molecule has 306 valence electrons. The molecule has 0 aromatic carbocycles. The first-order chi connectivity index (χ1) is 25.4. The second-order valence-electron chi connectivity index (χ2n) is 15.5. The number of aliphatic carboxylic acids is 1. The number of nitrogens with one attached hydrogen (secondary N) is 1. The first-order valence-corrected chi connectivity index (χ1v) is 22.5. The molecule has 7 heteroatoms. The van der Waals surface area contributed by atoms with Crippen LogP contribution >= 0.6 is 0 Å². The van der Waals surface area contributed by atoms with Gasteiger partial charge in [0.25, 0.3) is 0 Å². The number of ether oxygens (including phenoxy) is 1. The van der Waals surface area contributed by atoms with Crippen molar-refractivity contribution in [2.75, 3.05) is 6.54 Å². The lowest BCUT2D eigenvalue weighted by Crippen LogP contribution is -2.40. The van der Waals surface area contributed by atoms with Crippen molar-refractivity contribution in [3.63, 3.8) is 0 Å². The van der Waals surface area contributed by atoms with Crippen LogP contribution in [0.15, 0.2) is 12.2 Å². The van der Waals surface area contributed by atoms with Gasteiger partial charge in [-0.25, -0.2) is 4.79 Å². The Balaban J connectivity index is 3.99.